The topological polar surface area (TPSA) is 74.7 Å². The van der Waals surface area contributed by atoms with Crippen LogP contribution in [0.25, 0.3) is 0 Å². The van der Waals surface area contributed by atoms with Crippen LogP contribution in [-0.4, -0.2) is 22.8 Å². The van der Waals surface area contributed by atoms with E-state index < -0.39 is 11.9 Å². The van der Waals surface area contributed by atoms with Crippen LogP contribution in [0.15, 0.2) is 48.5 Å². The predicted octanol–water partition coefficient (Wildman–Crippen LogP) is 3.68. The van der Waals surface area contributed by atoms with Gasteiger partial charge in [-0.15, -0.1) is 0 Å². The second kappa shape index (κ2) is 7.07. The third-order valence-corrected chi connectivity index (χ3v) is 3.46. The van der Waals surface area contributed by atoms with Crippen LogP contribution in [-0.2, 0) is 9.59 Å². The Morgan fingerprint density at radius 2 is 1.74 bits per heavy atom. The summed E-state index contributed by atoms with van der Waals surface area (Å²) in [6.45, 7) is 1.69. The second-order valence-corrected chi connectivity index (χ2v) is 5.16. The van der Waals surface area contributed by atoms with Gasteiger partial charge in [-0.25, -0.2) is 4.79 Å². The van der Waals surface area contributed by atoms with E-state index in [9.17, 15) is 14.4 Å². The fraction of sp³-hybridized carbons (Fsp3) is 0.118. The van der Waals surface area contributed by atoms with Crippen LogP contribution in [0.2, 0.25) is 5.02 Å². The number of ketones is 1. The fourth-order valence-electron chi connectivity index (χ4n) is 2.15. The number of anilines is 2. The standard InChI is InChI=1S/C17H14ClNO4/c1-2-15(20)13-9-8-11(18)10-14(13)19(16(21)17(22)23)12-6-4-3-5-7-12/h3-10H,2H2,1H3,(H,22,23). The molecular formula is C17H14ClNO4. The average Bonchev–Trinajstić information content (AvgIpc) is 2.55. The molecule has 5 nitrogen and oxygen atoms in total. The molecule has 2 aromatic carbocycles. The highest BCUT2D eigenvalue weighted by molar-refractivity contribution is 6.40. The van der Waals surface area contributed by atoms with Crippen LogP contribution < -0.4 is 4.90 Å². The summed E-state index contributed by atoms with van der Waals surface area (Å²) in [7, 11) is 0. The number of carbonyl (C=O) groups excluding carboxylic acids is 2. The van der Waals surface area contributed by atoms with E-state index in [1.165, 1.54) is 18.2 Å². The Hall–Kier alpha value is -2.66. The molecule has 118 valence electrons. The lowest BCUT2D eigenvalue weighted by Gasteiger charge is -2.23. The number of carboxylic acid groups (broad SMARTS) is 1. The van der Waals surface area contributed by atoms with E-state index in [1.807, 2.05) is 0 Å². The summed E-state index contributed by atoms with van der Waals surface area (Å²) in [5, 5.41) is 9.42. The smallest absolute Gasteiger partial charge is 0.395 e. The highest BCUT2D eigenvalue weighted by Gasteiger charge is 2.27. The van der Waals surface area contributed by atoms with E-state index in [0.29, 0.717) is 10.7 Å². The first-order valence-electron chi connectivity index (χ1n) is 6.91. The maximum atomic E-state index is 12.2. The van der Waals surface area contributed by atoms with Gasteiger partial charge in [-0.05, 0) is 30.3 Å². The number of rotatable bonds is 4. The highest BCUT2D eigenvalue weighted by atomic mass is 35.5. The number of halogens is 1. The number of amides is 1. The van der Waals surface area contributed by atoms with Crippen molar-refractivity contribution >= 4 is 40.6 Å². The molecule has 0 aliphatic carbocycles. The van der Waals surface area contributed by atoms with Gasteiger partial charge in [0.05, 0.1) is 5.69 Å². The van der Waals surface area contributed by atoms with Crippen molar-refractivity contribution in [2.24, 2.45) is 0 Å². The molecule has 0 bridgehead atoms. The lowest BCUT2D eigenvalue weighted by molar-refractivity contribution is -0.148. The number of benzene rings is 2. The molecule has 0 aromatic heterocycles. The molecule has 0 radical (unpaired) electrons. The Kier molecular flexibility index (Phi) is 5.13. The Labute approximate surface area is 138 Å². The van der Waals surface area contributed by atoms with Gasteiger partial charge < -0.3 is 5.11 Å². The van der Waals surface area contributed by atoms with E-state index in [0.717, 1.165) is 4.90 Å². The van der Waals surface area contributed by atoms with Crippen molar-refractivity contribution in [3.05, 3.63) is 59.1 Å². The summed E-state index contributed by atoms with van der Waals surface area (Å²) in [6, 6.07) is 12.7. The molecule has 0 spiro atoms. The molecule has 0 saturated heterocycles. The maximum absolute atomic E-state index is 12.2. The zero-order valence-electron chi connectivity index (χ0n) is 12.3. The summed E-state index contributed by atoms with van der Waals surface area (Å²) in [5.41, 5.74) is 0.741. The Morgan fingerprint density at radius 3 is 2.30 bits per heavy atom. The molecule has 0 aliphatic rings. The number of aliphatic carboxylic acids is 1. The Bertz CT molecular complexity index is 758. The average molecular weight is 332 g/mol. The lowest BCUT2D eigenvalue weighted by Crippen LogP contribution is -2.33. The molecular weight excluding hydrogens is 318 g/mol. The Balaban J connectivity index is 2.69. The molecule has 0 fully saturated rings. The van der Waals surface area contributed by atoms with Crippen LogP contribution in [0.5, 0.6) is 0 Å². The molecule has 0 saturated carbocycles. The normalized spacial score (nSPS) is 10.2. The van der Waals surface area contributed by atoms with Gasteiger partial charge in [0.2, 0.25) is 0 Å². The molecule has 23 heavy (non-hydrogen) atoms. The predicted molar refractivity (Wildman–Crippen MR) is 87.3 cm³/mol. The maximum Gasteiger partial charge on any atom is 0.395 e. The zero-order valence-corrected chi connectivity index (χ0v) is 13.1. The summed E-state index contributed by atoms with van der Waals surface area (Å²) in [4.78, 5) is 36.5. The molecule has 1 amide bonds. The summed E-state index contributed by atoms with van der Waals surface area (Å²) < 4.78 is 0. The highest BCUT2D eigenvalue weighted by Crippen LogP contribution is 2.32. The first-order valence-corrected chi connectivity index (χ1v) is 7.28. The third kappa shape index (κ3) is 3.57. The van der Waals surface area contributed by atoms with Gasteiger partial charge in [0.25, 0.3) is 0 Å². The van der Waals surface area contributed by atoms with Gasteiger partial charge in [0.1, 0.15) is 0 Å². The van der Waals surface area contributed by atoms with Crippen LogP contribution in [0, 0.1) is 0 Å². The van der Waals surface area contributed by atoms with E-state index in [2.05, 4.69) is 0 Å². The minimum atomic E-state index is -1.62. The first-order chi connectivity index (χ1) is 11.0. The molecule has 2 rings (SSSR count). The number of hydrogen-bond acceptors (Lipinski definition) is 3. The van der Waals surface area contributed by atoms with Crippen LogP contribution in [0.3, 0.4) is 0 Å². The summed E-state index contributed by atoms with van der Waals surface area (Å²) in [6.07, 6.45) is 0.221. The van der Waals surface area contributed by atoms with Gasteiger partial charge in [0, 0.05) is 22.7 Å². The van der Waals surface area contributed by atoms with E-state index >= 15 is 0 Å². The van der Waals surface area contributed by atoms with Gasteiger partial charge >= 0.3 is 11.9 Å². The van der Waals surface area contributed by atoms with Crippen molar-refractivity contribution in [2.75, 3.05) is 4.90 Å². The van der Waals surface area contributed by atoms with Gasteiger partial charge in [-0.2, -0.15) is 0 Å². The minimum absolute atomic E-state index is 0.156. The van der Waals surface area contributed by atoms with Gasteiger partial charge in [-0.1, -0.05) is 36.7 Å². The molecule has 6 heteroatoms. The molecule has 2 aromatic rings. The first kappa shape index (κ1) is 16.7. The van der Waals surface area contributed by atoms with Crippen molar-refractivity contribution in [1.29, 1.82) is 0 Å². The van der Waals surface area contributed by atoms with Crippen molar-refractivity contribution in [3.63, 3.8) is 0 Å². The molecule has 0 aliphatic heterocycles. The number of carboxylic acids is 1. The largest absolute Gasteiger partial charge is 0.474 e. The Morgan fingerprint density at radius 1 is 1.09 bits per heavy atom. The third-order valence-electron chi connectivity index (χ3n) is 3.22. The number of carbonyl (C=O) groups is 3. The number of para-hydroxylation sites is 1. The molecule has 0 atom stereocenters. The minimum Gasteiger partial charge on any atom is -0.474 e. The number of nitrogens with zero attached hydrogens (tertiary/aromatic N) is 1. The van der Waals surface area contributed by atoms with Crippen molar-refractivity contribution in [3.8, 4) is 0 Å². The summed E-state index contributed by atoms with van der Waals surface area (Å²) >= 11 is 5.98. The van der Waals surface area contributed by atoms with Crippen molar-refractivity contribution in [2.45, 2.75) is 13.3 Å². The SMILES string of the molecule is CCC(=O)c1ccc(Cl)cc1N(C(=O)C(=O)O)c1ccccc1. The van der Waals surface area contributed by atoms with E-state index in [4.69, 9.17) is 16.7 Å². The molecule has 0 unspecified atom stereocenters. The van der Waals surface area contributed by atoms with Crippen LogP contribution >= 0.6 is 11.6 Å². The lowest BCUT2D eigenvalue weighted by atomic mass is 10.0. The quantitative estimate of drug-likeness (QED) is 0.685. The molecule has 0 heterocycles. The zero-order chi connectivity index (χ0) is 17.0. The van der Waals surface area contributed by atoms with E-state index in [-0.39, 0.29) is 23.5 Å². The fourth-order valence-corrected chi connectivity index (χ4v) is 2.32. The summed E-state index contributed by atoms with van der Waals surface area (Å²) in [5.74, 6) is -3.00. The van der Waals surface area contributed by atoms with Crippen LogP contribution in [0.4, 0.5) is 11.4 Å². The molecule has 1 N–H and O–H groups in total. The van der Waals surface area contributed by atoms with Gasteiger partial charge in [-0.3, -0.25) is 14.5 Å². The number of hydrogen-bond donors (Lipinski definition) is 1. The van der Waals surface area contributed by atoms with Gasteiger partial charge in [0.15, 0.2) is 5.78 Å². The van der Waals surface area contributed by atoms with E-state index in [1.54, 1.807) is 37.3 Å². The number of Topliss-reactive ketones (excluding diaryl/α,β-unsaturated/α-hetero) is 1. The second-order valence-electron chi connectivity index (χ2n) is 4.72. The van der Waals surface area contributed by atoms with Crippen molar-refractivity contribution < 1.29 is 19.5 Å². The monoisotopic (exact) mass is 331 g/mol. The van der Waals surface area contributed by atoms with Crippen molar-refractivity contribution in [1.82, 2.24) is 0 Å². The van der Waals surface area contributed by atoms with Crippen LogP contribution in [0.1, 0.15) is 23.7 Å².